The quantitative estimate of drug-likeness (QED) is 0.377. The van der Waals surface area contributed by atoms with Gasteiger partial charge < -0.3 is 14.4 Å². The van der Waals surface area contributed by atoms with E-state index in [4.69, 9.17) is 4.74 Å². The fourth-order valence-corrected chi connectivity index (χ4v) is 5.66. The molecule has 0 bridgehead atoms. The lowest BCUT2D eigenvalue weighted by molar-refractivity contribution is 0.00707. The molecule has 1 unspecified atom stereocenters. The zero-order chi connectivity index (χ0) is 22.9. The van der Waals surface area contributed by atoms with E-state index in [9.17, 15) is 5.11 Å². The van der Waals surface area contributed by atoms with Crippen molar-refractivity contribution in [3.63, 3.8) is 0 Å². The van der Waals surface area contributed by atoms with E-state index in [1.807, 2.05) is 10.6 Å². The highest BCUT2D eigenvalue weighted by Gasteiger charge is 2.46. The molecule has 0 radical (unpaired) electrons. The normalized spacial score (nSPS) is 22.0. The number of hydrogen-bond donors (Lipinski definition) is 1. The van der Waals surface area contributed by atoms with Crippen LogP contribution in [0, 0.1) is 5.92 Å². The third kappa shape index (κ3) is 4.57. The second-order valence-corrected chi connectivity index (χ2v) is 11.0. The average molecular weight is 438 g/mol. The molecule has 0 amide bonds. The van der Waals surface area contributed by atoms with Gasteiger partial charge in [-0.2, -0.15) is 0 Å². The first kappa shape index (κ1) is 22.9. The molecule has 0 saturated heterocycles. The van der Waals surface area contributed by atoms with Crippen LogP contribution >= 0.6 is 0 Å². The van der Waals surface area contributed by atoms with Gasteiger partial charge in [-0.3, -0.25) is 0 Å². The maximum Gasteiger partial charge on any atom is 0.127 e. The van der Waals surface area contributed by atoms with E-state index in [1.165, 1.54) is 36.8 Å². The van der Waals surface area contributed by atoms with Crippen LogP contribution in [0.15, 0.2) is 36.4 Å². The van der Waals surface area contributed by atoms with E-state index in [0.29, 0.717) is 11.7 Å². The number of phenolic OH excluding ortho intramolecular Hbond substituents is 1. The molecule has 5 heteroatoms. The Bertz CT molecular complexity index is 960. The molecule has 0 spiro atoms. The van der Waals surface area contributed by atoms with Crippen LogP contribution in [0.5, 0.6) is 11.5 Å². The Morgan fingerprint density at radius 2 is 1.91 bits per heavy atom. The van der Waals surface area contributed by atoms with Crippen molar-refractivity contribution in [1.29, 1.82) is 0 Å². The van der Waals surface area contributed by atoms with Gasteiger partial charge in [-0.1, -0.05) is 58.1 Å². The van der Waals surface area contributed by atoms with Gasteiger partial charge in [0.05, 0.1) is 0 Å². The number of rotatable bonds is 8. The van der Waals surface area contributed by atoms with E-state index >= 15 is 0 Å². The molecule has 1 aromatic carbocycles. The summed E-state index contributed by atoms with van der Waals surface area (Å²) in [5.74, 6) is 1.87. The van der Waals surface area contributed by atoms with Crippen molar-refractivity contribution in [2.24, 2.45) is 5.92 Å². The molecular weight excluding hydrogens is 398 g/mol. The molecule has 1 aliphatic carbocycles. The van der Waals surface area contributed by atoms with Gasteiger partial charge in [0.15, 0.2) is 0 Å². The highest BCUT2D eigenvalue weighted by atomic mass is 16.5. The van der Waals surface area contributed by atoms with Gasteiger partial charge >= 0.3 is 0 Å². The van der Waals surface area contributed by atoms with Crippen LogP contribution in [0.25, 0.3) is 0 Å². The number of aromatic hydroxyl groups is 1. The van der Waals surface area contributed by atoms with Gasteiger partial charge in [0.2, 0.25) is 0 Å². The molecule has 2 aliphatic rings. The second-order valence-electron chi connectivity index (χ2n) is 11.0. The predicted octanol–water partition coefficient (Wildman–Crippen LogP) is 6.52. The van der Waals surface area contributed by atoms with Crippen molar-refractivity contribution >= 4 is 0 Å². The second kappa shape index (κ2) is 8.92. The van der Waals surface area contributed by atoms with E-state index in [-0.39, 0.29) is 16.9 Å². The highest BCUT2D eigenvalue weighted by Crippen LogP contribution is 2.55. The first-order valence-electron chi connectivity index (χ1n) is 12.3. The van der Waals surface area contributed by atoms with Crippen molar-refractivity contribution in [2.75, 3.05) is 0 Å². The number of phenols is 1. The molecule has 1 aliphatic heterocycles. The van der Waals surface area contributed by atoms with Crippen LogP contribution in [-0.4, -0.2) is 25.5 Å². The van der Waals surface area contributed by atoms with Crippen LogP contribution in [0.3, 0.4) is 0 Å². The molecule has 5 nitrogen and oxygen atoms in total. The lowest BCUT2D eigenvalue weighted by atomic mass is 9.66. The summed E-state index contributed by atoms with van der Waals surface area (Å²) in [6, 6.07) is 4.22. The van der Waals surface area contributed by atoms with Gasteiger partial charge in [-0.25, -0.2) is 0 Å². The van der Waals surface area contributed by atoms with Gasteiger partial charge in [0.25, 0.3) is 0 Å². The van der Waals surface area contributed by atoms with Crippen molar-refractivity contribution in [1.82, 2.24) is 14.8 Å². The first-order chi connectivity index (χ1) is 15.2. The number of unbranched alkanes of at least 4 members (excludes halogenated alkanes) is 3. The zero-order valence-electron chi connectivity index (χ0n) is 20.4. The van der Waals surface area contributed by atoms with E-state index in [1.54, 1.807) is 12.7 Å². The molecule has 2 aromatic rings. The summed E-state index contributed by atoms with van der Waals surface area (Å²) in [4.78, 5) is 0. The van der Waals surface area contributed by atoms with E-state index < -0.39 is 0 Å². The lowest BCUT2D eigenvalue weighted by Crippen LogP contribution is -2.45. The van der Waals surface area contributed by atoms with Gasteiger partial charge in [-0.05, 0) is 56.2 Å². The summed E-state index contributed by atoms with van der Waals surface area (Å²) < 4.78 is 8.59. The van der Waals surface area contributed by atoms with Gasteiger partial charge in [0.1, 0.15) is 29.8 Å². The van der Waals surface area contributed by atoms with Crippen molar-refractivity contribution in [3.05, 3.63) is 47.6 Å². The molecule has 174 valence electrons. The summed E-state index contributed by atoms with van der Waals surface area (Å²) in [5.41, 5.74) is 3.28. The minimum absolute atomic E-state index is 0.0106. The third-order valence-electron chi connectivity index (χ3n) is 7.67. The minimum Gasteiger partial charge on any atom is -0.508 e. The Kier molecular flexibility index (Phi) is 6.37. The maximum absolute atomic E-state index is 11.2. The van der Waals surface area contributed by atoms with E-state index in [0.717, 1.165) is 37.1 Å². The predicted molar refractivity (Wildman–Crippen MR) is 128 cm³/mol. The molecule has 2 atom stereocenters. The smallest absolute Gasteiger partial charge is 0.127 e. The molecule has 2 heterocycles. The SMILES string of the molecule is CCCCCCC(C)(C)c1cc(O)c2c(c1)OC(C)(C)[C@H]1CC=C(Cn3cnnc3)CC21. The summed E-state index contributed by atoms with van der Waals surface area (Å²) in [6.07, 6.45) is 13.9. The summed E-state index contributed by atoms with van der Waals surface area (Å²) in [5, 5.41) is 19.1. The minimum atomic E-state index is -0.271. The van der Waals surface area contributed by atoms with Crippen molar-refractivity contribution in [2.45, 2.75) is 103 Å². The number of fused-ring (bicyclic) bond motifs is 3. The third-order valence-corrected chi connectivity index (χ3v) is 7.67. The van der Waals surface area contributed by atoms with Crippen LogP contribution in [0.1, 0.15) is 96.6 Å². The molecule has 0 fully saturated rings. The molecular formula is C27H39N3O2. The summed E-state index contributed by atoms with van der Waals surface area (Å²) in [7, 11) is 0. The van der Waals surface area contributed by atoms with Gasteiger partial charge in [0, 0.05) is 23.9 Å². The average Bonchev–Trinajstić information content (AvgIpc) is 3.23. The van der Waals surface area contributed by atoms with Crippen LogP contribution in [0.2, 0.25) is 0 Å². The number of ether oxygens (including phenoxy) is 1. The molecule has 32 heavy (non-hydrogen) atoms. The Hall–Kier alpha value is -2.30. The Morgan fingerprint density at radius 1 is 1.16 bits per heavy atom. The van der Waals surface area contributed by atoms with Crippen LogP contribution in [-0.2, 0) is 12.0 Å². The fraction of sp³-hybridized carbons (Fsp3) is 0.630. The Balaban J connectivity index is 1.62. The Morgan fingerprint density at radius 3 is 2.62 bits per heavy atom. The maximum atomic E-state index is 11.2. The fourth-order valence-electron chi connectivity index (χ4n) is 5.66. The Labute approximate surface area is 192 Å². The summed E-state index contributed by atoms with van der Waals surface area (Å²) >= 11 is 0. The summed E-state index contributed by atoms with van der Waals surface area (Å²) in [6.45, 7) is 12.0. The first-order valence-corrected chi connectivity index (χ1v) is 12.3. The number of hydrogen-bond acceptors (Lipinski definition) is 4. The number of benzene rings is 1. The highest BCUT2D eigenvalue weighted by molar-refractivity contribution is 5.54. The van der Waals surface area contributed by atoms with E-state index in [2.05, 4.69) is 57.0 Å². The van der Waals surface area contributed by atoms with Crippen LogP contribution in [0.4, 0.5) is 0 Å². The number of aromatic nitrogens is 3. The monoisotopic (exact) mass is 437 g/mol. The topological polar surface area (TPSA) is 60.2 Å². The lowest BCUT2D eigenvalue weighted by Gasteiger charge is -2.47. The van der Waals surface area contributed by atoms with Crippen LogP contribution < -0.4 is 4.74 Å². The molecule has 0 saturated carbocycles. The number of allylic oxidation sites excluding steroid dienone is 2. The standard InChI is InChI=1S/C27H39N3O2/c1-6-7-8-9-12-26(2,3)20-14-23(31)25-21-13-19(16-30-17-28-29-18-30)10-11-22(21)27(4,5)32-24(25)15-20/h10,14-15,17-18,21-22,31H,6-9,11-13,16H2,1-5H3/t21?,22-/m0/s1. The van der Waals surface area contributed by atoms with Crippen molar-refractivity contribution < 1.29 is 9.84 Å². The molecule has 1 aromatic heterocycles. The molecule has 4 rings (SSSR count). The zero-order valence-corrected chi connectivity index (χ0v) is 20.4. The largest absolute Gasteiger partial charge is 0.508 e. The van der Waals surface area contributed by atoms with Crippen molar-refractivity contribution in [3.8, 4) is 11.5 Å². The van der Waals surface area contributed by atoms with Gasteiger partial charge in [-0.15, -0.1) is 10.2 Å². The number of nitrogens with zero attached hydrogens (tertiary/aromatic N) is 3. The molecule has 1 N–H and O–H groups in total.